The summed E-state index contributed by atoms with van der Waals surface area (Å²) in [5.74, 6) is 0.196. The Morgan fingerprint density at radius 3 is 2.16 bits per heavy atom. The molecule has 0 spiro atoms. The van der Waals surface area contributed by atoms with E-state index in [-0.39, 0.29) is 60.1 Å². The molecule has 0 radical (unpaired) electrons. The van der Waals surface area contributed by atoms with Crippen LogP contribution in [0.4, 0.5) is 5.69 Å². The number of hydrogen-bond acceptors (Lipinski definition) is 8. The van der Waals surface area contributed by atoms with Gasteiger partial charge in [-0.1, -0.05) is 6.07 Å². The van der Waals surface area contributed by atoms with Crippen LogP contribution in [0.15, 0.2) is 29.2 Å². The minimum Gasteiger partial charge on any atom is -0.378 e. The van der Waals surface area contributed by atoms with Crippen molar-refractivity contribution in [3.8, 4) is 0 Å². The van der Waals surface area contributed by atoms with E-state index in [0.29, 0.717) is 26.3 Å². The van der Waals surface area contributed by atoms with Crippen LogP contribution >= 0.6 is 11.8 Å². The van der Waals surface area contributed by atoms with Crippen LogP contribution in [0, 0.1) is 10.1 Å². The third kappa shape index (κ3) is 5.93. The first-order valence-corrected chi connectivity index (χ1v) is 12.3. The lowest BCUT2D eigenvalue weighted by Crippen LogP contribution is -2.51. The van der Waals surface area contributed by atoms with E-state index in [1.807, 2.05) is 0 Å². The number of thioether (sulfide) groups is 1. The van der Waals surface area contributed by atoms with Gasteiger partial charge in [-0.05, 0) is 6.07 Å². The monoisotopic (exact) mass is 472 g/mol. The maximum atomic E-state index is 12.8. The SMILES string of the molecule is O=C(CSCC(=O)N1CCN(S(=O)(=O)c2cccc([N+](=O)[O-])c2)CC1)N1CCOCC1. The molecular weight excluding hydrogens is 448 g/mol. The summed E-state index contributed by atoms with van der Waals surface area (Å²) in [5, 5.41) is 10.9. The highest BCUT2D eigenvalue weighted by atomic mass is 32.2. The highest BCUT2D eigenvalue weighted by Gasteiger charge is 2.31. The zero-order valence-electron chi connectivity index (χ0n) is 16.8. The number of ether oxygens (including phenoxy) is 1. The molecule has 0 unspecified atom stereocenters. The molecule has 3 rings (SSSR count). The first-order valence-electron chi connectivity index (χ1n) is 9.74. The molecule has 1 aromatic rings. The Labute approximate surface area is 184 Å². The molecule has 0 saturated carbocycles. The van der Waals surface area contributed by atoms with Gasteiger partial charge in [-0.25, -0.2) is 8.42 Å². The predicted molar refractivity (Wildman–Crippen MR) is 113 cm³/mol. The summed E-state index contributed by atoms with van der Waals surface area (Å²) in [7, 11) is -3.88. The summed E-state index contributed by atoms with van der Waals surface area (Å²) < 4.78 is 32.0. The van der Waals surface area contributed by atoms with E-state index in [1.165, 1.54) is 34.3 Å². The maximum Gasteiger partial charge on any atom is 0.270 e. The zero-order chi connectivity index (χ0) is 22.4. The molecule has 0 bridgehead atoms. The number of nitro benzene ring substituents is 1. The van der Waals surface area contributed by atoms with Crippen molar-refractivity contribution in [1.29, 1.82) is 0 Å². The van der Waals surface area contributed by atoms with E-state index < -0.39 is 14.9 Å². The summed E-state index contributed by atoms with van der Waals surface area (Å²) in [5.41, 5.74) is -0.293. The van der Waals surface area contributed by atoms with E-state index in [0.717, 1.165) is 6.07 Å². The molecule has 2 amide bonds. The molecule has 2 aliphatic heterocycles. The molecule has 31 heavy (non-hydrogen) atoms. The smallest absolute Gasteiger partial charge is 0.270 e. The molecule has 2 heterocycles. The van der Waals surface area contributed by atoms with Crippen molar-refractivity contribution in [2.24, 2.45) is 0 Å². The number of morpholine rings is 1. The van der Waals surface area contributed by atoms with Crippen LogP contribution in [0.3, 0.4) is 0 Å². The Hall–Kier alpha value is -2.22. The molecule has 0 N–H and O–H groups in total. The third-order valence-corrected chi connectivity index (χ3v) is 7.87. The number of piperazine rings is 1. The molecule has 0 aromatic heterocycles. The van der Waals surface area contributed by atoms with Gasteiger partial charge < -0.3 is 14.5 Å². The van der Waals surface area contributed by atoms with Crippen LogP contribution in [0.5, 0.6) is 0 Å². The number of sulfonamides is 1. The van der Waals surface area contributed by atoms with E-state index in [4.69, 9.17) is 4.74 Å². The lowest BCUT2D eigenvalue weighted by atomic mass is 10.3. The summed E-state index contributed by atoms with van der Waals surface area (Å²) in [6, 6.07) is 4.92. The molecule has 13 heteroatoms. The zero-order valence-corrected chi connectivity index (χ0v) is 18.5. The molecule has 11 nitrogen and oxygen atoms in total. The fourth-order valence-corrected chi connectivity index (χ4v) is 5.58. The minimum atomic E-state index is -3.88. The molecule has 2 saturated heterocycles. The molecule has 0 atom stereocenters. The largest absolute Gasteiger partial charge is 0.378 e. The molecular formula is C18H24N4O7S2. The van der Waals surface area contributed by atoms with Crippen molar-refractivity contribution >= 4 is 39.3 Å². The Morgan fingerprint density at radius 2 is 1.58 bits per heavy atom. The second-order valence-electron chi connectivity index (χ2n) is 7.03. The Bertz CT molecular complexity index is 927. The van der Waals surface area contributed by atoms with Crippen molar-refractivity contribution in [3.05, 3.63) is 34.4 Å². The molecule has 2 aliphatic rings. The summed E-state index contributed by atoms with van der Waals surface area (Å²) in [6.07, 6.45) is 0. The fourth-order valence-electron chi connectivity index (χ4n) is 3.31. The van der Waals surface area contributed by atoms with Crippen molar-refractivity contribution in [2.45, 2.75) is 4.90 Å². The van der Waals surface area contributed by atoms with Gasteiger partial charge in [0.05, 0.1) is 34.5 Å². The Balaban J connectivity index is 1.47. The van der Waals surface area contributed by atoms with E-state index in [9.17, 15) is 28.1 Å². The van der Waals surface area contributed by atoms with Gasteiger partial charge in [-0.3, -0.25) is 19.7 Å². The molecule has 170 valence electrons. The normalized spacial score (nSPS) is 18.1. The van der Waals surface area contributed by atoms with Crippen LogP contribution in [0.2, 0.25) is 0 Å². The number of hydrogen-bond donors (Lipinski definition) is 0. The van der Waals surface area contributed by atoms with Crippen LogP contribution in [-0.2, 0) is 24.3 Å². The maximum absolute atomic E-state index is 12.8. The van der Waals surface area contributed by atoms with E-state index in [2.05, 4.69) is 0 Å². The first kappa shape index (κ1) is 23.4. The molecule has 1 aromatic carbocycles. The number of carbonyl (C=O) groups is 2. The van der Waals surface area contributed by atoms with Crippen molar-refractivity contribution in [3.63, 3.8) is 0 Å². The van der Waals surface area contributed by atoms with Crippen molar-refractivity contribution in [1.82, 2.24) is 14.1 Å². The van der Waals surface area contributed by atoms with E-state index >= 15 is 0 Å². The van der Waals surface area contributed by atoms with Gasteiger partial charge in [-0.15, -0.1) is 11.8 Å². The number of carbonyl (C=O) groups excluding carboxylic acids is 2. The first-order chi connectivity index (χ1) is 14.8. The number of benzene rings is 1. The summed E-state index contributed by atoms with van der Waals surface area (Å²) in [4.78, 5) is 38.0. The second kappa shape index (κ2) is 10.4. The van der Waals surface area contributed by atoms with Crippen LogP contribution in [-0.4, -0.2) is 103 Å². The van der Waals surface area contributed by atoms with Gasteiger partial charge in [0.2, 0.25) is 21.8 Å². The number of amides is 2. The van der Waals surface area contributed by atoms with Gasteiger partial charge in [0.25, 0.3) is 5.69 Å². The standard InChI is InChI=1S/C18H24N4O7S2/c23-17(13-30-14-18(24)20-8-10-29-11-9-20)19-4-6-21(7-5-19)31(27,28)16-3-1-2-15(12-16)22(25)26/h1-3,12H,4-11,13-14H2. The number of nitrogens with zero attached hydrogens (tertiary/aromatic N) is 4. The number of nitro groups is 1. The van der Waals surface area contributed by atoms with Gasteiger partial charge >= 0.3 is 0 Å². The Kier molecular flexibility index (Phi) is 7.86. The predicted octanol–water partition coefficient (Wildman–Crippen LogP) is 0.0197. The highest BCUT2D eigenvalue weighted by molar-refractivity contribution is 8.00. The lowest BCUT2D eigenvalue weighted by Gasteiger charge is -2.34. The number of non-ortho nitro benzene ring substituents is 1. The highest BCUT2D eigenvalue weighted by Crippen LogP contribution is 2.22. The lowest BCUT2D eigenvalue weighted by molar-refractivity contribution is -0.385. The van der Waals surface area contributed by atoms with Gasteiger partial charge in [-0.2, -0.15) is 4.31 Å². The molecule has 0 aliphatic carbocycles. The van der Waals surface area contributed by atoms with Crippen molar-refractivity contribution in [2.75, 3.05) is 64.0 Å². The van der Waals surface area contributed by atoms with Crippen LogP contribution in [0.25, 0.3) is 0 Å². The summed E-state index contributed by atoms with van der Waals surface area (Å²) >= 11 is 1.25. The van der Waals surface area contributed by atoms with Gasteiger partial charge in [0.15, 0.2) is 0 Å². The summed E-state index contributed by atoms with van der Waals surface area (Å²) in [6.45, 7) is 2.85. The Morgan fingerprint density at radius 1 is 1.00 bits per heavy atom. The van der Waals surface area contributed by atoms with Gasteiger partial charge in [0.1, 0.15) is 0 Å². The van der Waals surface area contributed by atoms with Gasteiger partial charge in [0, 0.05) is 51.4 Å². The average Bonchev–Trinajstić information content (AvgIpc) is 2.79. The fraction of sp³-hybridized carbons (Fsp3) is 0.556. The third-order valence-electron chi connectivity index (χ3n) is 5.07. The topological polar surface area (TPSA) is 130 Å². The quantitative estimate of drug-likeness (QED) is 0.401. The van der Waals surface area contributed by atoms with Crippen LogP contribution < -0.4 is 0 Å². The second-order valence-corrected chi connectivity index (χ2v) is 9.95. The minimum absolute atomic E-state index is 0.0195. The van der Waals surface area contributed by atoms with Crippen LogP contribution in [0.1, 0.15) is 0 Å². The van der Waals surface area contributed by atoms with E-state index in [1.54, 1.807) is 9.80 Å². The number of rotatable bonds is 7. The van der Waals surface area contributed by atoms with Crippen molar-refractivity contribution < 1.29 is 27.7 Å². The average molecular weight is 473 g/mol. The molecule has 2 fully saturated rings.